The number of ketones is 1. The normalized spacial score (nSPS) is 47.9. The second-order valence-electron chi connectivity index (χ2n) is 11.9. The molecule has 0 radical (unpaired) electrons. The van der Waals surface area contributed by atoms with Crippen molar-refractivity contribution in [2.45, 2.75) is 104 Å². The first-order valence-corrected chi connectivity index (χ1v) is 12.0. The average Bonchev–Trinajstić information content (AvgIpc) is 2.96. The summed E-state index contributed by atoms with van der Waals surface area (Å²) in [5, 5.41) is 10.6. The summed E-state index contributed by atoms with van der Waals surface area (Å²) in [6.45, 7) is 11.2. The summed E-state index contributed by atoms with van der Waals surface area (Å²) >= 11 is 0. The van der Waals surface area contributed by atoms with Gasteiger partial charge in [-0.15, -0.1) is 0 Å². The Morgan fingerprint density at radius 2 is 1.86 bits per heavy atom. The van der Waals surface area contributed by atoms with E-state index in [0.29, 0.717) is 16.6 Å². The molecule has 0 spiro atoms. The average molecular weight is 387 g/mol. The van der Waals surface area contributed by atoms with E-state index in [1.807, 2.05) is 20.8 Å². The number of fused-ring (bicyclic) bond motifs is 5. The highest BCUT2D eigenvalue weighted by Crippen LogP contribution is 2.67. The molecule has 3 saturated carbocycles. The molecule has 0 bridgehead atoms. The van der Waals surface area contributed by atoms with E-state index < -0.39 is 5.60 Å². The van der Waals surface area contributed by atoms with Crippen molar-refractivity contribution in [2.24, 2.45) is 40.4 Å². The summed E-state index contributed by atoms with van der Waals surface area (Å²) in [7, 11) is 0. The highest BCUT2D eigenvalue weighted by atomic mass is 16.3. The molecule has 158 valence electrons. The highest BCUT2D eigenvalue weighted by molar-refractivity contribution is 5.80. The van der Waals surface area contributed by atoms with Gasteiger partial charge in [0, 0.05) is 12.3 Å². The summed E-state index contributed by atoms with van der Waals surface area (Å²) in [5.74, 6) is 3.84. The van der Waals surface area contributed by atoms with Crippen LogP contribution in [-0.2, 0) is 4.79 Å². The quantitative estimate of drug-likeness (QED) is 0.574. The van der Waals surface area contributed by atoms with E-state index in [-0.39, 0.29) is 5.92 Å². The van der Waals surface area contributed by atoms with Crippen molar-refractivity contribution in [3.05, 3.63) is 11.6 Å². The first kappa shape index (κ1) is 20.6. The smallest absolute Gasteiger partial charge is 0.135 e. The Labute approximate surface area is 172 Å². The molecule has 3 unspecified atom stereocenters. The third-order valence-electron chi connectivity index (χ3n) is 9.96. The monoisotopic (exact) mass is 386 g/mol. The number of Topliss-reactive ketones (excluding diaryl/α,β-unsaturated/α-hetero) is 1. The summed E-state index contributed by atoms with van der Waals surface area (Å²) in [5.41, 5.74) is 1.83. The highest BCUT2D eigenvalue weighted by Gasteiger charge is 2.58. The van der Waals surface area contributed by atoms with Crippen LogP contribution in [0.25, 0.3) is 0 Å². The lowest BCUT2D eigenvalue weighted by atomic mass is 9.46. The number of aliphatic hydroxyl groups is 1. The van der Waals surface area contributed by atoms with Gasteiger partial charge in [-0.2, -0.15) is 0 Å². The molecule has 1 N–H and O–H groups in total. The van der Waals surface area contributed by atoms with Crippen molar-refractivity contribution < 1.29 is 9.90 Å². The lowest BCUT2D eigenvalue weighted by Crippen LogP contribution is -2.51. The molecule has 4 aliphatic rings. The van der Waals surface area contributed by atoms with Crippen LogP contribution in [0.2, 0.25) is 0 Å². The standard InChI is InChI=1S/C26H42O2/c1-17(2)23(27)11-8-18-7-10-21-20-9-6-19-16-24(3,28)14-15-26(19,5)22(20)12-13-25(18,21)4/h6,17-18,20-22,28H,7-16H2,1-5H3/t18-,20?,21?,22?,24+,25-,26+/m1/s1. The minimum absolute atomic E-state index is 0.186. The molecule has 2 heteroatoms. The summed E-state index contributed by atoms with van der Waals surface area (Å²) in [6, 6.07) is 0. The Bertz CT molecular complexity index is 659. The Morgan fingerprint density at radius 3 is 2.57 bits per heavy atom. The summed E-state index contributed by atoms with van der Waals surface area (Å²) < 4.78 is 0. The molecule has 4 aliphatic carbocycles. The van der Waals surface area contributed by atoms with Gasteiger partial charge in [-0.25, -0.2) is 0 Å². The largest absolute Gasteiger partial charge is 0.390 e. The Morgan fingerprint density at radius 1 is 1.11 bits per heavy atom. The van der Waals surface area contributed by atoms with Crippen molar-refractivity contribution in [2.75, 3.05) is 0 Å². The van der Waals surface area contributed by atoms with Gasteiger partial charge in [0.1, 0.15) is 5.78 Å². The van der Waals surface area contributed by atoms with E-state index in [4.69, 9.17) is 0 Å². The minimum atomic E-state index is -0.497. The van der Waals surface area contributed by atoms with Crippen molar-refractivity contribution in [1.82, 2.24) is 0 Å². The molecule has 0 heterocycles. The lowest BCUT2D eigenvalue weighted by Gasteiger charge is -2.59. The zero-order valence-electron chi connectivity index (χ0n) is 18.9. The first-order valence-electron chi connectivity index (χ1n) is 12.0. The maximum absolute atomic E-state index is 12.2. The van der Waals surface area contributed by atoms with E-state index in [1.165, 1.54) is 32.1 Å². The summed E-state index contributed by atoms with van der Waals surface area (Å²) in [4.78, 5) is 12.2. The predicted molar refractivity (Wildman–Crippen MR) is 115 cm³/mol. The fraction of sp³-hybridized carbons (Fsp3) is 0.885. The second-order valence-corrected chi connectivity index (χ2v) is 11.9. The fourth-order valence-electron chi connectivity index (χ4n) is 7.99. The lowest BCUT2D eigenvalue weighted by molar-refractivity contribution is -0.122. The van der Waals surface area contributed by atoms with Crippen LogP contribution in [0.1, 0.15) is 98.8 Å². The van der Waals surface area contributed by atoms with Crippen LogP contribution in [0.3, 0.4) is 0 Å². The first-order chi connectivity index (χ1) is 13.1. The Hall–Kier alpha value is -0.630. The number of carbonyl (C=O) groups excluding carboxylic acids is 1. The molecule has 0 saturated heterocycles. The molecule has 0 aromatic rings. The van der Waals surface area contributed by atoms with Gasteiger partial charge in [0.2, 0.25) is 0 Å². The molecule has 0 aromatic heterocycles. The number of hydrogen-bond donors (Lipinski definition) is 1. The van der Waals surface area contributed by atoms with Crippen LogP contribution >= 0.6 is 0 Å². The minimum Gasteiger partial charge on any atom is -0.390 e. The van der Waals surface area contributed by atoms with Gasteiger partial charge in [-0.05, 0) is 99.2 Å². The Balaban J connectivity index is 1.52. The van der Waals surface area contributed by atoms with Crippen LogP contribution in [-0.4, -0.2) is 16.5 Å². The molecule has 0 amide bonds. The van der Waals surface area contributed by atoms with Gasteiger partial charge in [0.25, 0.3) is 0 Å². The topological polar surface area (TPSA) is 37.3 Å². The van der Waals surface area contributed by atoms with E-state index in [2.05, 4.69) is 19.9 Å². The molecule has 7 atom stereocenters. The van der Waals surface area contributed by atoms with E-state index in [1.54, 1.807) is 5.57 Å². The van der Waals surface area contributed by atoms with E-state index in [9.17, 15) is 9.90 Å². The molecule has 3 fully saturated rings. The van der Waals surface area contributed by atoms with Gasteiger partial charge in [0.05, 0.1) is 5.60 Å². The van der Waals surface area contributed by atoms with Gasteiger partial charge < -0.3 is 5.11 Å². The maximum Gasteiger partial charge on any atom is 0.135 e. The maximum atomic E-state index is 12.2. The number of rotatable bonds is 4. The second kappa shape index (κ2) is 6.96. The van der Waals surface area contributed by atoms with Crippen molar-refractivity contribution in [3.8, 4) is 0 Å². The molecular formula is C26H42O2. The third-order valence-corrected chi connectivity index (χ3v) is 9.96. The van der Waals surface area contributed by atoms with Crippen LogP contribution in [0.5, 0.6) is 0 Å². The predicted octanol–water partition coefficient (Wildman–Crippen LogP) is 6.32. The molecule has 0 aliphatic heterocycles. The molecule has 4 rings (SSSR count). The van der Waals surface area contributed by atoms with Crippen LogP contribution in [0.15, 0.2) is 11.6 Å². The molecule has 28 heavy (non-hydrogen) atoms. The van der Waals surface area contributed by atoms with E-state index in [0.717, 1.165) is 55.8 Å². The zero-order chi connectivity index (χ0) is 20.3. The van der Waals surface area contributed by atoms with Crippen LogP contribution in [0, 0.1) is 40.4 Å². The van der Waals surface area contributed by atoms with Gasteiger partial charge in [-0.3, -0.25) is 4.79 Å². The van der Waals surface area contributed by atoms with Crippen LogP contribution in [0.4, 0.5) is 0 Å². The SMILES string of the molecule is CC(C)C(=O)CC[C@H]1CCC2C3CC=C4C[C@@](C)(O)CC[C@]4(C)C3CC[C@@]21C. The number of allylic oxidation sites excluding steroid dienone is 1. The van der Waals surface area contributed by atoms with Gasteiger partial charge in [0.15, 0.2) is 0 Å². The number of hydrogen-bond acceptors (Lipinski definition) is 2. The zero-order valence-corrected chi connectivity index (χ0v) is 18.9. The van der Waals surface area contributed by atoms with Crippen LogP contribution < -0.4 is 0 Å². The van der Waals surface area contributed by atoms with Crippen molar-refractivity contribution in [3.63, 3.8) is 0 Å². The molecular weight excluding hydrogens is 344 g/mol. The number of carbonyl (C=O) groups is 1. The molecule has 0 aromatic carbocycles. The van der Waals surface area contributed by atoms with Gasteiger partial charge >= 0.3 is 0 Å². The molecule has 2 nitrogen and oxygen atoms in total. The summed E-state index contributed by atoms with van der Waals surface area (Å²) in [6.07, 6.45) is 14.1. The van der Waals surface area contributed by atoms with Crippen molar-refractivity contribution in [1.29, 1.82) is 0 Å². The van der Waals surface area contributed by atoms with E-state index >= 15 is 0 Å². The van der Waals surface area contributed by atoms with Gasteiger partial charge in [-0.1, -0.05) is 39.3 Å². The fourth-order valence-corrected chi connectivity index (χ4v) is 7.99. The third kappa shape index (κ3) is 3.22. The van der Waals surface area contributed by atoms with Crippen molar-refractivity contribution >= 4 is 5.78 Å². The Kier molecular flexibility index (Phi) is 5.13.